The van der Waals surface area contributed by atoms with Crippen LogP contribution < -0.4 is 0 Å². The number of carbonyl (C=O) groups is 2. The predicted octanol–water partition coefficient (Wildman–Crippen LogP) is 3.47. The van der Waals surface area contributed by atoms with E-state index in [1.807, 2.05) is 6.92 Å². The zero-order valence-corrected chi connectivity index (χ0v) is 18.3. The lowest BCUT2D eigenvalue weighted by molar-refractivity contribution is -0.154. The summed E-state index contributed by atoms with van der Waals surface area (Å²) < 4.78 is 27.6. The van der Waals surface area contributed by atoms with Crippen molar-refractivity contribution < 1.29 is 22.7 Å². The van der Waals surface area contributed by atoms with E-state index in [2.05, 4.69) is 13.8 Å². The summed E-state index contributed by atoms with van der Waals surface area (Å²) in [7, 11) is -2.78. The zero-order valence-electron chi connectivity index (χ0n) is 17.5. The van der Waals surface area contributed by atoms with Crippen LogP contribution in [0.15, 0.2) is 0 Å². The van der Waals surface area contributed by atoms with Crippen molar-refractivity contribution in [3.63, 3.8) is 0 Å². The molecule has 5 aliphatic rings. The third-order valence-corrected chi connectivity index (χ3v) is 10.7. The van der Waals surface area contributed by atoms with Crippen molar-refractivity contribution in [2.75, 3.05) is 6.26 Å². The van der Waals surface area contributed by atoms with Gasteiger partial charge in [0, 0.05) is 6.26 Å². The Morgan fingerprint density at radius 3 is 1.71 bits per heavy atom. The van der Waals surface area contributed by atoms with E-state index in [1.54, 1.807) is 0 Å². The molecule has 0 aromatic carbocycles. The monoisotopic (exact) mass is 410 g/mol. The van der Waals surface area contributed by atoms with E-state index in [4.69, 9.17) is 4.74 Å². The van der Waals surface area contributed by atoms with Gasteiger partial charge in [-0.05, 0) is 80.0 Å². The maximum Gasteiger partial charge on any atom is 0.317 e. The zero-order chi connectivity index (χ0) is 20.4. The molecule has 1 heterocycles. The summed E-state index contributed by atoms with van der Waals surface area (Å²) in [6.45, 7) is 6.20. The standard InChI is InChI=1S/C13H18O3.C9H16O2S/c1-6-8-3-4-9(5-8)10(6)11-7(2)12(14)16-13(11)15;1-6-7-3-4-8(5-7)9(6)12(2,10)11/h6-11H,3-5H2,1-2H3;6-9H,3-5H2,1-2H3. The first-order chi connectivity index (χ1) is 13.1. The number of rotatable bonds is 2. The Labute approximate surface area is 168 Å². The van der Waals surface area contributed by atoms with Crippen molar-refractivity contribution in [2.45, 2.75) is 64.5 Å². The predicted molar refractivity (Wildman–Crippen MR) is 106 cm³/mol. The summed E-state index contributed by atoms with van der Waals surface area (Å²) >= 11 is 0. The molecule has 1 saturated heterocycles. The van der Waals surface area contributed by atoms with Gasteiger partial charge in [0.1, 0.15) is 0 Å². The van der Waals surface area contributed by atoms with Gasteiger partial charge in [0.2, 0.25) is 0 Å². The van der Waals surface area contributed by atoms with Crippen molar-refractivity contribution in [3.05, 3.63) is 0 Å². The van der Waals surface area contributed by atoms with Crippen LogP contribution >= 0.6 is 0 Å². The highest BCUT2D eigenvalue weighted by Gasteiger charge is 2.56. The Morgan fingerprint density at radius 2 is 1.32 bits per heavy atom. The van der Waals surface area contributed by atoms with Gasteiger partial charge in [-0.1, -0.05) is 20.8 Å². The number of carbonyl (C=O) groups excluding carboxylic acids is 2. The van der Waals surface area contributed by atoms with Crippen molar-refractivity contribution in [1.29, 1.82) is 0 Å². The molecule has 0 aromatic rings. The second-order valence-corrected chi connectivity index (χ2v) is 12.5. The molecule has 4 aliphatic carbocycles. The van der Waals surface area contributed by atoms with Crippen molar-refractivity contribution in [3.8, 4) is 0 Å². The molecule has 10 unspecified atom stereocenters. The number of hydrogen-bond acceptors (Lipinski definition) is 5. The first-order valence-corrected chi connectivity index (χ1v) is 13.0. The molecule has 0 radical (unpaired) electrons. The van der Waals surface area contributed by atoms with Crippen LogP contribution in [0, 0.1) is 53.3 Å². The third kappa shape index (κ3) is 3.23. The van der Waals surface area contributed by atoms with Crippen molar-refractivity contribution >= 4 is 21.8 Å². The molecular weight excluding hydrogens is 376 g/mol. The average molecular weight is 411 g/mol. The minimum absolute atomic E-state index is 0.0174. The Hall–Kier alpha value is -0.910. The first kappa shape index (κ1) is 20.4. The van der Waals surface area contributed by atoms with Gasteiger partial charge in [0.25, 0.3) is 0 Å². The van der Waals surface area contributed by atoms with E-state index < -0.39 is 9.84 Å². The number of esters is 2. The fourth-order valence-corrected chi connectivity index (χ4v) is 9.56. The average Bonchev–Trinajstić information content (AvgIpc) is 3.38. The van der Waals surface area contributed by atoms with Gasteiger partial charge in [0.15, 0.2) is 9.84 Å². The van der Waals surface area contributed by atoms with Crippen LogP contribution in [0.25, 0.3) is 0 Å². The second-order valence-electron chi connectivity index (χ2n) is 10.3. The lowest BCUT2D eigenvalue weighted by atomic mass is 9.70. The Bertz CT molecular complexity index is 755. The van der Waals surface area contributed by atoms with Crippen LogP contribution in [-0.2, 0) is 24.2 Å². The molecule has 0 N–H and O–H groups in total. The summed E-state index contributed by atoms with van der Waals surface area (Å²) in [4.78, 5) is 23.2. The van der Waals surface area contributed by atoms with E-state index >= 15 is 0 Å². The second kappa shape index (κ2) is 7.10. The Kier molecular flexibility index (Phi) is 5.17. The molecule has 158 valence electrons. The van der Waals surface area contributed by atoms with Crippen LogP contribution in [0.2, 0.25) is 0 Å². The summed E-state index contributed by atoms with van der Waals surface area (Å²) in [6.07, 6.45) is 8.78. The SMILES string of the molecule is CC1C(=O)OC(=O)C1C1C2CCC(C2)C1C.CC1C2CCC(C2)C1S(C)(=O)=O. The van der Waals surface area contributed by atoms with Gasteiger partial charge in [0.05, 0.1) is 17.1 Å². The maximum absolute atomic E-state index is 11.8. The van der Waals surface area contributed by atoms with Crippen LogP contribution in [0.3, 0.4) is 0 Å². The van der Waals surface area contributed by atoms with E-state index in [9.17, 15) is 18.0 Å². The summed E-state index contributed by atoms with van der Waals surface area (Å²) in [6, 6.07) is 0. The number of cyclic esters (lactones) is 2. The molecule has 4 bridgehead atoms. The van der Waals surface area contributed by atoms with Crippen molar-refractivity contribution in [1.82, 2.24) is 0 Å². The fraction of sp³-hybridized carbons (Fsp3) is 0.909. The van der Waals surface area contributed by atoms with Crippen LogP contribution in [0.5, 0.6) is 0 Å². The Balaban J connectivity index is 0.000000143. The highest BCUT2D eigenvalue weighted by Crippen LogP contribution is 2.56. The molecule has 0 amide bonds. The molecule has 5 rings (SSSR count). The molecule has 0 aromatic heterocycles. The van der Waals surface area contributed by atoms with Gasteiger partial charge in [-0.2, -0.15) is 0 Å². The molecule has 0 spiro atoms. The van der Waals surface area contributed by atoms with Crippen molar-refractivity contribution in [2.24, 2.45) is 53.3 Å². The minimum atomic E-state index is -2.78. The van der Waals surface area contributed by atoms with Crippen LogP contribution in [0.1, 0.15) is 59.3 Å². The minimum Gasteiger partial charge on any atom is -0.393 e. The highest BCUT2D eigenvalue weighted by molar-refractivity contribution is 7.91. The maximum atomic E-state index is 11.8. The summed E-state index contributed by atoms with van der Waals surface area (Å²) in [5.74, 6) is 3.08. The number of ether oxygens (including phenoxy) is 1. The van der Waals surface area contributed by atoms with E-state index in [0.717, 1.165) is 12.3 Å². The van der Waals surface area contributed by atoms with E-state index in [0.29, 0.717) is 35.5 Å². The summed E-state index contributed by atoms with van der Waals surface area (Å²) in [5.41, 5.74) is 0. The van der Waals surface area contributed by atoms with E-state index in [-0.39, 0.29) is 29.0 Å². The lowest BCUT2D eigenvalue weighted by Gasteiger charge is -2.32. The van der Waals surface area contributed by atoms with Crippen LogP contribution in [-0.4, -0.2) is 31.9 Å². The Morgan fingerprint density at radius 1 is 0.786 bits per heavy atom. The van der Waals surface area contributed by atoms with Gasteiger partial charge < -0.3 is 4.74 Å². The van der Waals surface area contributed by atoms with Gasteiger partial charge in [-0.15, -0.1) is 0 Å². The highest BCUT2D eigenvalue weighted by atomic mass is 32.2. The summed E-state index contributed by atoms with van der Waals surface area (Å²) in [5, 5.41) is -0.0174. The molecule has 5 fully saturated rings. The largest absolute Gasteiger partial charge is 0.393 e. The molecule has 4 saturated carbocycles. The normalized spacial score (nSPS) is 49.3. The van der Waals surface area contributed by atoms with E-state index in [1.165, 1.54) is 38.4 Å². The first-order valence-electron chi connectivity index (χ1n) is 11.0. The lowest BCUT2D eigenvalue weighted by Crippen LogP contribution is -2.33. The smallest absolute Gasteiger partial charge is 0.317 e. The molecule has 28 heavy (non-hydrogen) atoms. The number of sulfone groups is 1. The topological polar surface area (TPSA) is 77.5 Å². The molecule has 10 atom stereocenters. The number of fused-ring (bicyclic) bond motifs is 4. The van der Waals surface area contributed by atoms with Gasteiger partial charge in [-0.3, -0.25) is 9.59 Å². The molecular formula is C22H34O5S. The van der Waals surface area contributed by atoms with Crippen LogP contribution in [0.4, 0.5) is 0 Å². The number of hydrogen-bond donors (Lipinski definition) is 0. The quantitative estimate of drug-likeness (QED) is 0.514. The fourth-order valence-electron chi connectivity index (χ4n) is 7.61. The molecule has 5 nitrogen and oxygen atoms in total. The molecule has 6 heteroatoms. The van der Waals surface area contributed by atoms with Gasteiger partial charge in [-0.25, -0.2) is 8.42 Å². The molecule has 1 aliphatic heterocycles. The van der Waals surface area contributed by atoms with Gasteiger partial charge >= 0.3 is 11.9 Å². The third-order valence-electron chi connectivity index (χ3n) is 8.94.